The fourth-order valence-corrected chi connectivity index (χ4v) is 1.98. The van der Waals surface area contributed by atoms with Gasteiger partial charge in [-0.15, -0.1) is 0 Å². The van der Waals surface area contributed by atoms with Gasteiger partial charge in [0.2, 0.25) is 0 Å². The molecule has 0 saturated heterocycles. The third-order valence-corrected chi connectivity index (χ3v) is 2.92. The molecule has 0 bridgehead atoms. The Morgan fingerprint density at radius 1 is 0.905 bits per heavy atom. The van der Waals surface area contributed by atoms with E-state index < -0.39 is 0 Å². The fourth-order valence-electron chi connectivity index (χ4n) is 1.98. The van der Waals surface area contributed by atoms with Gasteiger partial charge in [-0.25, -0.2) is 9.97 Å². The monoisotopic (exact) mass is 277 g/mol. The molecule has 3 rings (SSSR count). The first-order valence-electron chi connectivity index (χ1n) is 7.14. The van der Waals surface area contributed by atoms with Crippen LogP contribution in [0.1, 0.15) is 30.9 Å². The van der Waals surface area contributed by atoms with Crippen LogP contribution < -0.4 is 0 Å². The number of rotatable bonds is 2. The lowest BCUT2D eigenvalue weighted by atomic mass is 10.2. The number of benzene rings is 1. The number of hydrogen-bond acceptors (Lipinski definition) is 3. The van der Waals surface area contributed by atoms with Crippen LogP contribution in [0.25, 0.3) is 23.1 Å². The fraction of sp³-hybridized carbons (Fsp3) is 0.167. The molecule has 0 fully saturated rings. The molecule has 0 atom stereocenters. The SMILES string of the molecule is CC.Cc1nc(/C=C/c2cccnc2)nc2ccccc12. The van der Waals surface area contributed by atoms with Gasteiger partial charge in [-0.2, -0.15) is 0 Å². The van der Waals surface area contributed by atoms with Crippen LogP contribution in [0.15, 0.2) is 48.8 Å². The molecule has 0 amide bonds. The molecule has 3 nitrogen and oxygen atoms in total. The smallest absolute Gasteiger partial charge is 0.152 e. The normalized spacial score (nSPS) is 10.4. The van der Waals surface area contributed by atoms with Crippen LogP contribution in [-0.4, -0.2) is 15.0 Å². The minimum Gasteiger partial charge on any atom is -0.264 e. The number of aryl methyl sites for hydroxylation is 1. The Hall–Kier alpha value is -2.55. The van der Waals surface area contributed by atoms with Crippen molar-refractivity contribution in [1.82, 2.24) is 15.0 Å². The molecule has 0 aliphatic rings. The van der Waals surface area contributed by atoms with E-state index in [0.717, 1.165) is 28.0 Å². The van der Waals surface area contributed by atoms with Crippen LogP contribution in [0.5, 0.6) is 0 Å². The molecule has 2 heterocycles. The van der Waals surface area contributed by atoms with Gasteiger partial charge in [0.1, 0.15) is 0 Å². The van der Waals surface area contributed by atoms with E-state index in [0.29, 0.717) is 0 Å². The summed E-state index contributed by atoms with van der Waals surface area (Å²) in [4.78, 5) is 13.1. The van der Waals surface area contributed by atoms with Crippen molar-refractivity contribution in [3.8, 4) is 0 Å². The number of fused-ring (bicyclic) bond motifs is 1. The maximum atomic E-state index is 4.53. The minimum absolute atomic E-state index is 0.722. The molecule has 0 aliphatic carbocycles. The van der Waals surface area contributed by atoms with Gasteiger partial charge in [-0.1, -0.05) is 38.1 Å². The minimum atomic E-state index is 0.722. The summed E-state index contributed by atoms with van der Waals surface area (Å²) < 4.78 is 0. The first-order valence-corrected chi connectivity index (χ1v) is 7.14. The Morgan fingerprint density at radius 2 is 1.71 bits per heavy atom. The van der Waals surface area contributed by atoms with Crippen LogP contribution in [0.3, 0.4) is 0 Å². The molecule has 0 aliphatic heterocycles. The quantitative estimate of drug-likeness (QED) is 0.690. The van der Waals surface area contributed by atoms with Crippen LogP contribution in [0.4, 0.5) is 0 Å². The number of nitrogens with zero attached hydrogens (tertiary/aromatic N) is 3. The Kier molecular flexibility index (Phi) is 5.16. The Labute approximate surface area is 125 Å². The average Bonchev–Trinajstić information content (AvgIpc) is 2.56. The zero-order chi connectivity index (χ0) is 15.1. The predicted molar refractivity (Wildman–Crippen MR) is 88.8 cm³/mol. The highest BCUT2D eigenvalue weighted by Crippen LogP contribution is 2.15. The first kappa shape index (κ1) is 14.9. The van der Waals surface area contributed by atoms with Gasteiger partial charge in [0.05, 0.1) is 5.52 Å². The molecule has 0 spiro atoms. The predicted octanol–water partition coefficient (Wildman–Crippen LogP) is 4.53. The molecule has 0 saturated carbocycles. The number of pyridine rings is 1. The van der Waals surface area contributed by atoms with E-state index in [-0.39, 0.29) is 0 Å². The molecule has 21 heavy (non-hydrogen) atoms. The van der Waals surface area contributed by atoms with Crippen LogP contribution >= 0.6 is 0 Å². The van der Waals surface area contributed by atoms with E-state index in [1.54, 1.807) is 6.20 Å². The number of aromatic nitrogens is 3. The molecule has 3 heteroatoms. The van der Waals surface area contributed by atoms with Gasteiger partial charge in [-0.05, 0) is 36.8 Å². The first-order chi connectivity index (χ1) is 10.3. The molecule has 1 aromatic carbocycles. The van der Waals surface area contributed by atoms with Crippen molar-refractivity contribution in [3.63, 3.8) is 0 Å². The van der Waals surface area contributed by atoms with E-state index in [4.69, 9.17) is 0 Å². The van der Waals surface area contributed by atoms with Gasteiger partial charge in [0.15, 0.2) is 5.82 Å². The third kappa shape index (κ3) is 3.72. The average molecular weight is 277 g/mol. The van der Waals surface area contributed by atoms with Crippen molar-refractivity contribution in [1.29, 1.82) is 0 Å². The summed E-state index contributed by atoms with van der Waals surface area (Å²) in [6.07, 6.45) is 7.45. The molecular formula is C18H19N3. The second-order valence-electron chi connectivity index (χ2n) is 4.30. The largest absolute Gasteiger partial charge is 0.264 e. The topological polar surface area (TPSA) is 38.7 Å². The van der Waals surface area contributed by atoms with Crippen molar-refractivity contribution >= 4 is 23.1 Å². The summed E-state index contributed by atoms with van der Waals surface area (Å²) in [5, 5.41) is 1.10. The van der Waals surface area contributed by atoms with Crippen LogP contribution in [0, 0.1) is 6.92 Å². The van der Waals surface area contributed by atoms with Crippen molar-refractivity contribution < 1.29 is 0 Å². The lowest BCUT2D eigenvalue weighted by Crippen LogP contribution is -1.92. The van der Waals surface area contributed by atoms with E-state index in [1.807, 2.05) is 75.5 Å². The highest BCUT2D eigenvalue weighted by atomic mass is 14.9. The number of para-hydroxylation sites is 1. The van der Waals surface area contributed by atoms with Crippen molar-refractivity contribution in [2.45, 2.75) is 20.8 Å². The molecular weight excluding hydrogens is 258 g/mol. The maximum Gasteiger partial charge on any atom is 0.152 e. The zero-order valence-electron chi connectivity index (χ0n) is 12.6. The van der Waals surface area contributed by atoms with Gasteiger partial charge >= 0.3 is 0 Å². The summed E-state index contributed by atoms with van der Waals surface area (Å²) in [5.41, 5.74) is 3.01. The van der Waals surface area contributed by atoms with Crippen molar-refractivity contribution in [2.75, 3.05) is 0 Å². The van der Waals surface area contributed by atoms with Gasteiger partial charge in [0.25, 0.3) is 0 Å². The lowest BCUT2D eigenvalue weighted by molar-refractivity contribution is 1.12. The van der Waals surface area contributed by atoms with Gasteiger partial charge in [-0.3, -0.25) is 4.98 Å². The number of hydrogen-bond donors (Lipinski definition) is 0. The molecule has 3 aromatic rings. The standard InChI is InChI=1S/C16H13N3.C2H6/c1-12-14-6-2-3-7-15(14)19-16(18-12)9-8-13-5-4-10-17-11-13;1-2/h2-11H,1H3;1-2H3/b9-8+;. The van der Waals surface area contributed by atoms with Crippen molar-refractivity contribution in [3.05, 3.63) is 65.9 Å². The second kappa shape index (κ2) is 7.29. The molecule has 106 valence electrons. The molecule has 2 aromatic heterocycles. The highest BCUT2D eigenvalue weighted by molar-refractivity contribution is 5.82. The summed E-state index contributed by atoms with van der Waals surface area (Å²) in [7, 11) is 0. The summed E-state index contributed by atoms with van der Waals surface area (Å²) in [5.74, 6) is 0.722. The van der Waals surface area contributed by atoms with E-state index >= 15 is 0 Å². The highest BCUT2D eigenvalue weighted by Gasteiger charge is 2.01. The van der Waals surface area contributed by atoms with Crippen molar-refractivity contribution in [2.24, 2.45) is 0 Å². The molecule has 0 radical (unpaired) electrons. The maximum absolute atomic E-state index is 4.53. The summed E-state index contributed by atoms with van der Waals surface area (Å²) in [6, 6.07) is 11.9. The van der Waals surface area contributed by atoms with Gasteiger partial charge < -0.3 is 0 Å². The summed E-state index contributed by atoms with van der Waals surface area (Å²) in [6.45, 7) is 6.01. The lowest BCUT2D eigenvalue weighted by Gasteiger charge is -2.02. The van der Waals surface area contributed by atoms with E-state index in [9.17, 15) is 0 Å². The summed E-state index contributed by atoms with van der Waals surface area (Å²) >= 11 is 0. The Morgan fingerprint density at radius 3 is 2.48 bits per heavy atom. The molecule has 0 unspecified atom stereocenters. The second-order valence-corrected chi connectivity index (χ2v) is 4.30. The Bertz CT molecular complexity index is 734. The Balaban J connectivity index is 0.000000774. The van der Waals surface area contributed by atoms with Gasteiger partial charge in [0, 0.05) is 23.5 Å². The van der Waals surface area contributed by atoms with Crippen LogP contribution in [0.2, 0.25) is 0 Å². The van der Waals surface area contributed by atoms with E-state index in [1.165, 1.54) is 0 Å². The third-order valence-electron chi connectivity index (χ3n) is 2.92. The molecule has 0 N–H and O–H groups in total. The van der Waals surface area contributed by atoms with Crippen LogP contribution in [-0.2, 0) is 0 Å². The van der Waals surface area contributed by atoms with E-state index in [2.05, 4.69) is 15.0 Å². The zero-order valence-corrected chi connectivity index (χ0v) is 12.6.